The van der Waals surface area contributed by atoms with Crippen LogP contribution in [-0.4, -0.2) is 59.2 Å². The fourth-order valence-corrected chi connectivity index (χ4v) is 3.68. The van der Waals surface area contributed by atoms with E-state index in [0.717, 1.165) is 50.2 Å². The zero-order chi connectivity index (χ0) is 18.8. The van der Waals surface area contributed by atoms with Crippen LogP contribution in [-0.2, 0) is 4.79 Å². The molecule has 0 saturated carbocycles. The van der Waals surface area contributed by atoms with Crippen molar-refractivity contribution >= 4 is 34.8 Å². The Balaban J connectivity index is 1.54. The molecule has 0 atom stereocenters. The van der Waals surface area contributed by atoms with E-state index in [4.69, 9.17) is 9.40 Å². The first-order valence-corrected chi connectivity index (χ1v) is 9.51. The van der Waals surface area contributed by atoms with E-state index in [2.05, 4.69) is 27.1 Å². The van der Waals surface area contributed by atoms with Gasteiger partial charge in [-0.2, -0.15) is 0 Å². The first-order chi connectivity index (χ1) is 13.1. The van der Waals surface area contributed by atoms with Crippen molar-refractivity contribution in [1.82, 2.24) is 20.2 Å². The lowest BCUT2D eigenvalue weighted by Crippen LogP contribution is -2.29. The highest BCUT2D eigenvalue weighted by molar-refractivity contribution is 8.18. The molecule has 0 spiro atoms. The highest BCUT2D eigenvalue weighted by Crippen LogP contribution is 2.28. The molecule has 4 heterocycles. The molecule has 1 N–H and O–H groups in total. The Hall–Kier alpha value is -2.65. The van der Waals surface area contributed by atoms with Crippen LogP contribution in [0.15, 0.2) is 33.8 Å². The predicted molar refractivity (Wildman–Crippen MR) is 103 cm³/mol. The third kappa shape index (κ3) is 4.04. The first kappa shape index (κ1) is 17.7. The fraction of sp³-hybridized carbons (Fsp3) is 0.333. The molecule has 8 nitrogen and oxygen atoms in total. The van der Waals surface area contributed by atoms with Crippen LogP contribution in [0.25, 0.3) is 17.5 Å². The number of furan rings is 1. The summed E-state index contributed by atoms with van der Waals surface area (Å²) in [6, 6.07) is 3.53. The summed E-state index contributed by atoms with van der Waals surface area (Å²) in [5.41, 5.74) is 0.634. The Morgan fingerprint density at radius 1 is 1.19 bits per heavy atom. The molecule has 2 aromatic heterocycles. The van der Waals surface area contributed by atoms with E-state index >= 15 is 0 Å². The van der Waals surface area contributed by atoms with E-state index in [0.29, 0.717) is 22.1 Å². The number of hydrogen-bond acceptors (Lipinski definition) is 8. The van der Waals surface area contributed by atoms with Gasteiger partial charge in [0.05, 0.1) is 17.3 Å². The molecule has 9 heteroatoms. The number of imide groups is 1. The maximum Gasteiger partial charge on any atom is 0.290 e. The Morgan fingerprint density at radius 3 is 2.89 bits per heavy atom. The van der Waals surface area contributed by atoms with Gasteiger partial charge >= 0.3 is 0 Å². The number of rotatable bonds is 3. The topological polar surface area (TPSA) is 91.6 Å². The standard InChI is InChI=1S/C18H19N5O3S/c1-22-5-2-6-23(8-7-22)16-11-19-10-13(20-16)14-4-3-12(26-14)9-15-17(24)21-18(25)27-15/h3-4,9-11H,2,5-8H2,1H3,(H,21,24,25)/b15-9-. The molecule has 2 aliphatic rings. The minimum atomic E-state index is -0.407. The van der Waals surface area contributed by atoms with Gasteiger partial charge in [0.1, 0.15) is 17.3 Å². The smallest absolute Gasteiger partial charge is 0.290 e. The van der Waals surface area contributed by atoms with E-state index in [1.165, 1.54) is 0 Å². The maximum absolute atomic E-state index is 11.6. The summed E-state index contributed by atoms with van der Waals surface area (Å²) in [6.45, 7) is 3.92. The Bertz CT molecular complexity index is 910. The zero-order valence-corrected chi connectivity index (χ0v) is 15.7. The van der Waals surface area contributed by atoms with E-state index < -0.39 is 5.91 Å². The van der Waals surface area contributed by atoms with Crippen molar-refractivity contribution in [2.24, 2.45) is 0 Å². The van der Waals surface area contributed by atoms with Crippen LogP contribution in [0.5, 0.6) is 0 Å². The highest BCUT2D eigenvalue weighted by Gasteiger charge is 2.25. The number of carbonyl (C=O) groups excluding carboxylic acids is 2. The Labute approximate surface area is 160 Å². The van der Waals surface area contributed by atoms with Gasteiger partial charge in [-0.05, 0) is 43.9 Å². The number of anilines is 1. The van der Waals surface area contributed by atoms with Crippen molar-refractivity contribution in [3.63, 3.8) is 0 Å². The van der Waals surface area contributed by atoms with Crippen LogP contribution >= 0.6 is 11.8 Å². The SMILES string of the molecule is CN1CCCN(c2cncc(-c3ccc(/C=C4\SC(=O)NC4=O)o3)n2)CC1. The number of nitrogens with zero attached hydrogens (tertiary/aromatic N) is 4. The summed E-state index contributed by atoms with van der Waals surface area (Å²) in [5, 5.41) is 1.85. The predicted octanol–water partition coefficient (Wildman–Crippen LogP) is 2.20. The quantitative estimate of drug-likeness (QED) is 0.804. The minimum Gasteiger partial charge on any atom is -0.455 e. The number of thioether (sulfide) groups is 1. The van der Waals surface area contributed by atoms with Crippen LogP contribution in [0.4, 0.5) is 10.6 Å². The molecule has 2 amide bonds. The van der Waals surface area contributed by atoms with Gasteiger partial charge in [-0.15, -0.1) is 0 Å². The highest BCUT2D eigenvalue weighted by atomic mass is 32.2. The normalized spacial score (nSPS) is 20.2. The molecule has 0 aliphatic carbocycles. The van der Waals surface area contributed by atoms with Gasteiger partial charge in [-0.1, -0.05) is 0 Å². The third-order valence-electron chi connectivity index (χ3n) is 4.46. The van der Waals surface area contributed by atoms with Crippen LogP contribution in [0.2, 0.25) is 0 Å². The van der Waals surface area contributed by atoms with E-state index in [9.17, 15) is 9.59 Å². The summed E-state index contributed by atoms with van der Waals surface area (Å²) in [4.78, 5) is 36.8. The maximum atomic E-state index is 11.6. The number of likely N-dealkylation sites (N-methyl/N-ethyl adjacent to an activating group) is 1. The summed E-state index contributed by atoms with van der Waals surface area (Å²) in [5.74, 6) is 1.48. The van der Waals surface area contributed by atoms with Gasteiger partial charge in [0, 0.05) is 25.7 Å². The monoisotopic (exact) mass is 385 g/mol. The summed E-state index contributed by atoms with van der Waals surface area (Å²) in [6.07, 6.45) is 6.06. The number of nitrogens with one attached hydrogen (secondary N) is 1. The number of carbonyl (C=O) groups is 2. The van der Waals surface area contributed by atoms with Gasteiger partial charge in [-0.3, -0.25) is 19.9 Å². The summed E-state index contributed by atoms with van der Waals surface area (Å²) in [7, 11) is 2.13. The van der Waals surface area contributed by atoms with E-state index in [1.54, 1.807) is 30.6 Å². The second-order valence-corrected chi connectivity index (χ2v) is 7.48. The van der Waals surface area contributed by atoms with Crippen LogP contribution < -0.4 is 10.2 Å². The molecular formula is C18H19N5O3S. The van der Waals surface area contributed by atoms with Crippen LogP contribution in [0.3, 0.4) is 0 Å². The summed E-state index contributed by atoms with van der Waals surface area (Å²) >= 11 is 0.860. The lowest BCUT2D eigenvalue weighted by molar-refractivity contribution is -0.115. The molecule has 140 valence electrons. The van der Waals surface area contributed by atoms with Crippen molar-refractivity contribution in [1.29, 1.82) is 0 Å². The molecule has 2 saturated heterocycles. The van der Waals surface area contributed by atoms with Crippen molar-refractivity contribution in [3.05, 3.63) is 35.2 Å². The zero-order valence-electron chi connectivity index (χ0n) is 14.8. The van der Waals surface area contributed by atoms with Crippen LogP contribution in [0, 0.1) is 0 Å². The summed E-state index contributed by atoms with van der Waals surface area (Å²) < 4.78 is 5.79. The van der Waals surface area contributed by atoms with Crippen molar-refractivity contribution in [3.8, 4) is 11.5 Å². The van der Waals surface area contributed by atoms with Gasteiger partial charge in [0.2, 0.25) is 0 Å². The van der Waals surface area contributed by atoms with Crippen molar-refractivity contribution in [2.75, 3.05) is 38.1 Å². The van der Waals surface area contributed by atoms with Crippen LogP contribution in [0.1, 0.15) is 12.2 Å². The van der Waals surface area contributed by atoms with Gasteiger partial charge in [0.25, 0.3) is 11.1 Å². The second kappa shape index (κ2) is 7.53. The largest absolute Gasteiger partial charge is 0.455 e. The first-order valence-electron chi connectivity index (χ1n) is 8.69. The molecule has 0 unspecified atom stereocenters. The average Bonchev–Trinajstić information content (AvgIpc) is 3.17. The minimum absolute atomic E-state index is 0.314. The molecular weight excluding hydrogens is 366 g/mol. The third-order valence-corrected chi connectivity index (χ3v) is 5.27. The molecule has 0 aromatic carbocycles. The van der Waals surface area contributed by atoms with Gasteiger partial charge in [0.15, 0.2) is 5.76 Å². The lowest BCUT2D eigenvalue weighted by Gasteiger charge is -2.21. The second-order valence-electron chi connectivity index (χ2n) is 6.46. The van der Waals surface area contributed by atoms with Gasteiger partial charge < -0.3 is 14.2 Å². The number of amides is 2. The molecule has 4 rings (SSSR count). The fourth-order valence-electron chi connectivity index (χ4n) is 3.02. The lowest BCUT2D eigenvalue weighted by atomic mass is 10.3. The van der Waals surface area contributed by atoms with Gasteiger partial charge in [-0.25, -0.2) is 4.98 Å². The Kier molecular flexibility index (Phi) is 4.95. The molecule has 27 heavy (non-hydrogen) atoms. The van der Waals surface area contributed by atoms with Crippen molar-refractivity contribution in [2.45, 2.75) is 6.42 Å². The molecule has 0 radical (unpaired) electrons. The molecule has 2 fully saturated rings. The number of aromatic nitrogens is 2. The average molecular weight is 385 g/mol. The molecule has 2 aromatic rings. The van der Waals surface area contributed by atoms with E-state index in [1.807, 2.05) is 0 Å². The molecule has 2 aliphatic heterocycles. The molecule has 0 bridgehead atoms. The number of hydrogen-bond donors (Lipinski definition) is 1. The van der Waals surface area contributed by atoms with E-state index in [-0.39, 0.29) is 5.24 Å². The van der Waals surface area contributed by atoms with Crippen molar-refractivity contribution < 1.29 is 14.0 Å². The Morgan fingerprint density at radius 2 is 2.07 bits per heavy atom.